The first-order valence-corrected chi connectivity index (χ1v) is 7.27. The SMILES string of the molecule is COCC1(CNCc2ccc(OC)cc2)CC(O)C(O)C1. The maximum Gasteiger partial charge on any atom is 0.118 e. The third-order valence-electron chi connectivity index (χ3n) is 4.17. The van der Waals surface area contributed by atoms with Gasteiger partial charge in [-0.05, 0) is 30.5 Å². The van der Waals surface area contributed by atoms with Crippen LogP contribution in [0.4, 0.5) is 0 Å². The van der Waals surface area contributed by atoms with Gasteiger partial charge in [-0.1, -0.05) is 12.1 Å². The molecule has 0 aliphatic heterocycles. The summed E-state index contributed by atoms with van der Waals surface area (Å²) < 4.78 is 10.4. The smallest absolute Gasteiger partial charge is 0.118 e. The van der Waals surface area contributed by atoms with Crippen LogP contribution >= 0.6 is 0 Å². The number of methoxy groups -OCH3 is 2. The standard InChI is InChI=1S/C16H25NO4/c1-20-11-16(7-14(18)15(19)8-16)10-17-9-12-3-5-13(21-2)6-4-12/h3-6,14-15,17-19H,7-11H2,1-2H3. The van der Waals surface area contributed by atoms with Gasteiger partial charge >= 0.3 is 0 Å². The predicted molar refractivity (Wildman–Crippen MR) is 80.3 cm³/mol. The van der Waals surface area contributed by atoms with Gasteiger partial charge in [0.05, 0.1) is 25.9 Å². The summed E-state index contributed by atoms with van der Waals surface area (Å²) in [4.78, 5) is 0. The minimum atomic E-state index is -0.650. The van der Waals surface area contributed by atoms with E-state index in [4.69, 9.17) is 9.47 Å². The summed E-state index contributed by atoms with van der Waals surface area (Å²) in [6, 6.07) is 7.91. The number of nitrogens with one attached hydrogen (secondary N) is 1. The minimum absolute atomic E-state index is 0.194. The van der Waals surface area contributed by atoms with E-state index in [0.29, 0.717) is 26.0 Å². The van der Waals surface area contributed by atoms with Gasteiger partial charge in [0.15, 0.2) is 0 Å². The molecule has 5 heteroatoms. The summed E-state index contributed by atoms with van der Waals surface area (Å²) in [6.45, 7) is 1.99. The molecule has 0 radical (unpaired) electrons. The van der Waals surface area contributed by atoms with Crippen molar-refractivity contribution in [3.8, 4) is 5.75 Å². The zero-order valence-corrected chi connectivity index (χ0v) is 12.7. The fraction of sp³-hybridized carbons (Fsp3) is 0.625. The van der Waals surface area contributed by atoms with Crippen LogP contribution in [0, 0.1) is 5.41 Å². The Morgan fingerprint density at radius 1 is 1.14 bits per heavy atom. The Hall–Kier alpha value is -1.14. The third-order valence-corrected chi connectivity index (χ3v) is 4.17. The number of aliphatic hydroxyl groups is 2. The molecule has 0 aromatic heterocycles. The van der Waals surface area contributed by atoms with Crippen molar-refractivity contribution in [1.82, 2.24) is 5.32 Å². The second-order valence-corrected chi connectivity index (χ2v) is 5.93. The molecule has 3 N–H and O–H groups in total. The molecule has 1 aliphatic carbocycles. The van der Waals surface area contributed by atoms with Crippen LogP contribution in [0.25, 0.3) is 0 Å². The van der Waals surface area contributed by atoms with Gasteiger partial charge in [-0.2, -0.15) is 0 Å². The lowest BCUT2D eigenvalue weighted by molar-refractivity contribution is 0.0438. The molecule has 1 saturated carbocycles. The summed E-state index contributed by atoms with van der Waals surface area (Å²) in [5.41, 5.74) is 0.975. The number of ether oxygens (including phenoxy) is 2. The molecule has 0 amide bonds. The van der Waals surface area contributed by atoms with E-state index in [1.807, 2.05) is 24.3 Å². The highest BCUT2D eigenvalue weighted by atomic mass is 16.5. The van der Waals surface area contributed by atoms with Crippen molar-refractivity contribution in [1.29, 1.82) is 0 Å². The monoisotopic (exact) mass is 295 g/mol. The molecular formula is C16H25NO4. The van der Waals surface area contributed by atoms with Crippen molar-refractivity contribution in [2.24, 2.45) is 5.41 Å². The van der Waals surface area contributed by atoms with E-state index >= 15 is 0 Å². The van der Waals surface area contributed by atoms with Crippen molar-refractivity contribution in [3.63, 3.8) is 0 Å². The predicted octanol–water partition coefficient (Wildman–Crippen LogP) is 0.933. The molecular weight excluding hydrogens is 270 g/mol. The topological polar surface area (TPSA) is 71.0 Å². The molecule has 1 fully saturated rings. The fourth-order valence-corrected chi connectivity index (χ4v) is 3.08. The highest BCUT2D eigenvalue weighted by Crippen LogP contribution is 2.38. The average Bonchev–Trinajstić information content (AvgIpc) is 2.75. The Kier molecular flexibility index (Phi) is 5.58. The quantitative estimate of drug-likeness (QED) is 0.698. The molecule has 2 atom stereocenters. The second-order valence-electron chi connectivity index (χ2n) is 5.93. The van der Waals surface area contributed by atoms with E-state index in [1.165, 1.54) is 5.56 Å². The molecule has 0 saturated heterocycles. The molecule has 0 bridgehead atoms. The summed E-state index contributed by atoms with van der Waals surface area (Å²) in [7, 11) is 3.31. The molecule has 5 nitrogen and oxygen atoms in total. The maximum absolute atomic E-state index is 9.79. The zero-order valence-electron chi connectivity index (χ0n) is 12.7. The van der Waals surface area contributed by atoms with Crippen LogP contribution in [-0.2, 0) is 11.3 Å². The molecule has 0 heterocycles. The fourth-order valence-electron chi connectivity index (χ4n) is 3.08. The van der Waals surface area contributed by atoms with E-state index < -0.39 is 12.2 Å². The lowest BCUT2D eigenvalue weighted by Crippen LogP contribution is -2.36. The normalized spacial score (nSPS) is 28.8. The van der Waals surface area contributed by atoms with Gasteiger partial charge in [0, 0.05) is 25.6 Å². The van der Waals surface area contributed by atoms with Crippen LogP contribution in [0.3, 0.4) is 0 Å². The molecule has 2 unspecified atom stereocenters. The van der Waals surface area contributed by atoms with Gasteiger partial charge in [0.2, 0.25) is 0 Å². The highest BCUT2D eigenvalue weighted by molar-refractivity contribution is 5.27. The third kappa shape index (κ3) is 4.17. The Balaban J connectivity index is 1.87. The van der Waals surface area contributed by atoms with Crippen LogP contribution in [0.15, 0.2) is 24.3 Å². The van der Waals surface area contributed by atoms with Gasteiger partial charge in [-0.15, -0.1) is 0 Å². The molecule has 118 valence electrons. The van der Waals surface area contributed by atoms with Crippen LogP contribution < -0.4 is 10.1 Å². The Labute approximate surface area is 125 Å². The maximum atomic E-state index is 9.79. The number of benzene rings is 1. The Morgan fingerprint density at radius 2 is 1.76 bits per heavy atom. The lowest BCUT2D eigenvalue weighted by Gasteiger charge is -2.28. The van der Waals surface area contributed by atoms with E-state index in [1.54, 1.807) is 14.2 Å². The average molecular weight is 295 g/mol. The first-order chi connectivity index (χ1) is 10.1. The molecule has 0 spiro atoms. The summed E-state index contributed by atoms with van der Waals surface area (Å²) in [5, 5.41) is 23.0. The minimum Gasteiger partial charge on any atom is -0.497 e. The van der Waals surface area contributed by atoms with Crippen molar-refractivity contribution in [2.75, 3.05) is 27.4 Å². The van der Waals surface area contributed by atoms with Crippen molar-refractivity contribution in [2.45, 2.75) is 31.6 Å². The first kappa shape index (κ1) is 16.2. The van der Waals surface area contributed by atoms with Crippen molar-refractivity contribution >= 4 is 0 Å². The van der Waals surface area contributed by atoms with Crippen LogP contribution in [-0.4, -0.2) is 49.8 Å². The summed E-state index contributed by atoms with van der Waals surface area (Å²) in [6.07, 6.45) is -0.166. The van der Waals surface area contributed by atoms with E-state index in [0.717, 1.165) is 12.3 Å². The molecule has 1 aliphatic rings. The van der Waals surface area contributed by atoms with Gasteiger partial charge in [-0.25, -0.2) is 0 Å². The molecule has 21 heavy (non-hydrogen) atoms. The van der Waals surface area contributed by atoms with Crippen LogP contribution in [0.2, 0.25) is 0 Å². The second kappa shape index (κ2) is 7.22. The molecule has 1 aromatic carbocycles. The van der Waals surface area contributed by atoms with Gasteiger partial charge in [0.25, 0.3) is 0 Å². The molecule has 1 aromatic rings. The van der Waals surface area contributed by atoms with Crippen molar-refractivity contribution in [3.05, 3.63) is 29.8 Å². The van der Waals surface area contributed by atoms with E-state index in [9.17, 15) is 10.2 Å². The van der Waals surface area contributed by atoms with Gasteiger partial charge in [0.1, 0.15) is 5.75 Å². The zero-order chi connectivity index (χ0) is 15.3. The van der Waals surface area contributed by atoms with E-state index in [2.05, 4.69) is 5.32 Å². The number of hydrogen-bond acceptors (Lipinski definition) is 5. The Bertz CT molecular complexity index is 424. The lowest BCUT2D eigenvalue weighted by atomic mass is 9.86. The van der Waals surface area contributed by atoms with Crippen LogP contribution in [0.5, 0.6) is 5.75 Å². The van der Waals surface area contributed by atoms with Gasteiger partial charge < -0.3 is 25.0 Å². The first-order valence-electron chi connectivity index (χ1n) is 7.27. The number of aliphatic hydroxyl groups excluding tert-OH is 2. The highest BCUT2D eigenvalue weighted by Gasteiger charge is 2.43. The summed E-state index contributed by atoms with van der Waals surface area (Å²) in [5.74, 6) is 0.844. The summed E-state index contributed by atoms with van der Waals surface area (Å²) >= 11 is 0. The number of hydrogen-bond donors (Lipinski definition) is 3. The Morgan fingerprint density at radius 3 is 2.29 bits per heavy atom. The number of rotatable bonds is 7. The van der Waals surface area contributed by atoms with E-state index in [-0.39, 0.29) is 5.41 Å². The van der Waals surface area contributed by atoms with Crippen molar-refractivity contribution < 1.29 is 19.7 Å². The van der Waals surface area contributed by atoms with Crippen LogP contribution in [0.1, 0.15) is 18.4 Å². The largest absolute Gasteiger partial charge is 0.497 e. The van der Waals surface area contributed by atoms with Gasteiger partial charge in [-0.3, -0.25) is 0 Å². The molecule has 2 rings (SSSR count).